The predicted molar refractivity (Wildman–Crippen MR) is 77.4 cm³/mol. The Morgan fingerprint density at radius 1 is 1.21 bits per heavy atom. The van der Waals surface area contributed by atoms with Gasteiger partial charge in [0.2, 0.25) is 5.88 Å². The lowest BCUT2D eigenvalue weighted by Gasteiger charge is -2.22. The van der Waals surface area contributed by atoms with E-state index in [9.17, 15) is 0 Å². The van der Waals surface area contributed by atoms with Gasteiger partial charge in [-0.1, -0.05) is 18.2 Å². The summed E-state index contributed by atoms with van der Waals surface area (Å²) < 4.78 is 5.78. The van der Waals surface area contributed by atoms with Crippen LogP contribution in [-0.4, -0.2) is 24.7 Å². The molecule has 1 aromatic heterocycles. The summed E-state index contributed by atoms with van der Waals surface area (Å²) in [7, 11) is 0. The van der Waals surface area contributed by atoms with E-state index in [-0.39, 0.29) is 0 Å². The lowest BCUT2D eigenvalue weighted by Crippen LogP contribution is -2.30. The maximum Gasteiger partial charge on any atom is 0.213 e. The summed E-state index contributed by atoms with van der Waals surface area (Å²) in [6, 6.07) is 12.2. The predicted octanol–water partition coefficient (Wildman–Crippen LogP) is 3.00. The van der Waals surface area contributed by atoms with E-state index in [0.29, 0.717) is 0 Å². The van der Waals surface area contributed by atoms with Crippen molar-refractivity contribution in [1.82, 2.24) is 10.3 Å². The van der Waals surface area contributed by atoms with Crippen LogP contribution in [0.3, 0.4) is 0 Å². The molecule has 2 aromatic rings. The first-order valence-corrected chi connectivity index (χ1v) is 7.11. The highest BCUT2D eigenvalue weighted by Gasteiger charge is 2.12. The second-order valence-electron chi connectivity index (χ2n) is 5.19. The molecule has 1 atom stereocenters. The van der Waals surface area contributed by atoms with Crippen molar-refractivity contribution >= 4 is 10.9 Å². The van der Waals surface area contributed by atoms with Gasteiger partial charge in [0.1, 0.15) is 0 Å². The van der Waals surface area contributed by atoms with Gasteiger partial charge in [0.05, 0.1) is 12.1 Å². The molecule has 100 valence electrons. The van der Waals surface area contributed by atoms with Gasteiger partial charge >= 0.3 is 0 Å². The van der Waals surface area contributed by atoms with Gasteiger partial charge in [-0.2, -0.15) is 0 Å². The molecule has 0 saturated carbocycles. The van der Waals surface area contributed by atoms with Gasteiger partial charge in [-0.05, 0) is 50.4 Å². The number of rotatable bonds is 4. The zero-order valence-electron chi connectivity index (χ0n) is 11.1. The Bertz CT molecular complexity index is 535. The monoisotopic (exact) mass is 256 g/mol. The summed E-state index contributed by atoms with van der Waals surface area (Å²) in [5.74, 6) is 1.50. The van der Waals surface area contributed by atoms with Crippen LogP contribution in [0.4, 0.5) is 0 Å². The quantitative estimate of drug-likeness (QED) is 0.913. The molecule has 1 aliphatic heterocycles. The molecule has 1 saturated heterocycles. The van der Waals surface area contributed by atoms with Crippen molar-refractivity contribution in [2.24, 2.45) is 5.92 Å². The Kier molecular flexibility index (Phi) is 3.94. The fourth-order valence-corrected chi connectivity index (χ4v) is 2.63. The molecule has 0 amide bonds. The first-order valence-electron chi connectivity index (χ1n) is 7.11. The van der Waals surface area contributed by atoms with Crippen molar-refractivity contribution in [2.45, 2.75) is 19.3 Å². The fraction of sp³-hybridized carbons (Fsp3) is 0.438. The minimum absolute atomic E-state index is 0.738. The molecule has 1 aromatic carbocycles. The van der Waals surface area contributed by atoms with Crippen molar-refractivity contribution in [1.29, 1.82) is 0 Å². The number of fused-ring (bicyclic) bond motifs is 1. The molecule has 0 bridgehead atoms. The van der Waals surface area contributed by atoms with Gasteiger partial charge in [0, 0.05) is 11.5 Å². The van der Waals surface area contributed by atoms with Gasteiger partial charge in [-0.15, -0.1) is 0 Å². The molecule has 3 heteroatoms. The van der Waals surface area contributed by atoms with Crippen molar-refractivity contribution in [3.8, 4) is 5.88 Å². The number of para-hydroxylation sites is 1. The average Bonchev–Trinajstić information content (AvgIpc) is 2.48. The zero-order chi connectivity index (χ0) is 12.9. The van der Waals surface area contributed by atoms with Gasteiger partial charge in [0.25, 0.3) is 0 Å². The molecule has 19 heavy (non-hydrogen) atoms. The second kappa shape index (κ2) is 6.02. The summed E-state index contributed by atoms with van der Waals surface area (Å²) in [4.78, 5) is 4.52. The van der Waals surface area contributed by atoms with E-state index in [4.69, 9.17) is 4.74 Å². The normalized spacial score (nSPS) is 19.5. The highest BCUT2D eigenvalue weighted by atomic mass is 16.5. The number of benzene rings is 1. The Balaban J connectivity index is 1.56. The Morgan fingerprint density at radius 2 is 2.16 bits per heavy atom. The number of hydrogen-bond acceptors (Lipinski definition) is 3. The smallest absolute Gasteiger partial charge is 0.213 e. The molecule has 0 aliphatic carbocycles. The second-order valence-corrected chi connectivity index (χ2v) is 5.19. The standard InChI is InChI=1S/C16H20N2O/c1-2-6-15-14(5-1)7-8-16(18-15)19-11-9-13-4-3-10-17-12-13/h1-2,5-8,13,17H,3-4,9-12H2. The molecule has 2 heterocycles. The van der Waals surface area contributed by atoms with Crippen molar-refractivity contribution < 1.29 is 4.74 Å². The molecule has 3 rings (SSSR count). The third kappa shape index (κ3) is 3.24. The minimum atomic E-state index is 0.738. The van der Waals surface area contributed by atoms with E-state index >= 15 is 0 Å². The Labute approximate surface area is 114 Å². The number of nitrogens with zero attached hydrogens (tertiary/aromatic N) is 1. The van der Waals surface area contributed by atoms with Gasteiger partial charge in [0.15, 0.2) is 0 Å². The number of piperidine rings is 1. The molecule has 1 unspecified atom stereocenters. The van der Waals surface area contributed by atoms with Crippen molar-refractivity contribution in [3.05, 3.63) is 36.4 Å². The van der Waals surface area contributed by atoms with Crippen LogP contribution < -0.4 is 10.1 Å². The zero-order valence-corrected chi connectivity index (χ0v) is 11.1. The number of nitrogens with one attached hydrogen (secondary N) is 1. The average molecular weight is 256 g/mol. The summed E-state index contributed by atoms with van der Waals surface area (Å²) in [5, 5.41) is 4.60. The van der Waals surface area contributed by atoms with Crippen LogP contribution in [0.5, 0.6) is 5.88 Å². The van der Waals surface area contributed by atoms with Crippen molar-refractivity contribution in [3.63, 3.8) is 0 Å². The molecule has 0 spiro atoms. The maximum absolute atomic E-state index is 5.78. The van der Waals surface area contributed by atoms with Crippen LogP contribution in [0.15, 0.2) is 36.4 Å². The Hall–Kier alpha value is -1.61. The Morgan fingerprint density at radius 3 is 3.05 bits per heavy atom. The summed E-state index contributed by atoms with van der Waals surface area (Å²) in [5.41, 5.74) is 0.999. The number of aromatic nitrogens is 1. The summed E-state index contributed by atoms with van der Waals surface area (Å²) in [6.45, 7) is 3.07. The van der Waals surface area contributed by atoms with Crippen molar-refractivity contribution in [2.75, 3.05) is 19.7 Å². The van der Waals surface area contributed by atoms with Gasteiger partial charge < -0.3 is 10.1 Å². The third-order valence-corrected chi connectivity index (χ3v) is 3.75. The van der Waals surface area contributed by atoms with Crippen LogP contribution in [0.1, 0.15) is 19.3 Å². The van der Waals surface area contributed by atoms with Crippen LogP contribution in [0.25, 0.3) is 10.9 Å². The minimum Gasteiger partial charge on any atom is -0.478 e. The molecule has 3 nitrogen and oxygen atoms in total. The molecule has 1 N–H and O–H groups in total. The number of pyridine rings is 1. The van der Waals surface area contributed by atoms with E-state index in [0.717, 1.165) is 42.3 Å². The molecule has 1 fully saturated rings. The van der Waals surface area contributed by atoms with E-state index in [2.05, 4.69) is 22.4 Å². The summed E-state index contributed by atoms with van der Waals surface area (Å²) >= 11 is 0. The first-order chi connectivity index (χ1) is 9.42. The number of hydrogen-bond donors (Lipinski definition) is 1. The highest BCUT2D eigenvalue weighted by molar-refractivity contribution is 5.78. The van der Waals surface area contributed by atoms with Crippen LogP contribution in [0, 0.1) is 5.92 Å². The third-order valence-electron chi connectivity index (χ3n) is 3.75. The topological polar surface area (TPSA) is 34.1 Å². The van der Waals surface area contributed by atoms with Gasteiger partial charge in [-0.25, -0.2) is 4.98 Å². The lowest BCUT2D eigenvalue weighted by molar-refractivity contribution is 0.248. The molecule has 0 radical (unpaired) electrons. The first kappa shape index (κ1) is 12.4. The van der Waals surface area contributed by atoms with E-state index in [1.165, 1.54) is 19.4 Å². The maximum atomic E-state index is 5.78. The lowest BCUT2D eigenvalue weighted by atomic mass is 9.97. The van der Waals surface area contributed by atoms with E-state index in [1.54, 1.807) is 0 Å². The summed E-state index contributed by atoms with van der Waals surface area (Å²) in [6.07, 6.45) is 3.72. The molecule has 1 aliphatic rings. The highest BCUT2D eigenvalue weighted by Crippen LogP contribution is 2.18. The van der Waals surface area contributed by atoms with Crippen LogP contribution >= 0.6 is 0 Å². The fourth-order valence-electron chi connectivity index (χ4n) is 2.63. The molecular formula is C16H20N2O. The van der Waals surface area contributed by atoms with Crippen LogP contribution in [0.2, 0.25) is 0 Å². The number of ether oxygens (including phenoxy) is 1. The largest absolute Gasteiger partial charge is 0.478 e. The van der Waals surface area contributed by atoms with E-state index in [1.807, 2.05) is 24.3 Å². The SMILES string of the molecule is c1ccc2nc(OCCC3CCCNC3)ccc2c1. The molecular weight excluding hydrogens is 236 g/mol. The van der Waals surface area contributed by atoms with E-state index < -0.39 is 0 Å². The van der Waals surface area contributed by atoms with Crippen LogP contribution in [-0.2, 0) is 0 Å². The van der Waals surface area contributed by atoms with Gasteiger partial charge in [-0.3, -0.25) is 0 Å².